The maximum atomic E-state index is 13.6. The standard InChI is InChI=1S/C38H61N5O4S/c1-6-7-8-9-10-11-12-13-14-15-16-17-18-19-25-40-38(44)47-29-33(27-30(2)3)43(5)48(45,46)34-22-20-32(21-23-34)28-36-37-35(24-26-39-36)41-31(4)42-37/h20-24,26,30,33H,6-19,25,27-29H2,1-5H3,(H,40,44)(H,41,42)/t33-/m0/s1. The number of unbranched alkanes of at least 4 members (excludes halogenated alkanes) is 13. The summed E-state index contributed by atoms with van der Waals surface area (Å²) in [6, 6.07) is 8.32. The first kappa shape index (κ1) is 39.5. The van der Waals surface area contributed by atoms with E-state index < -0.39 is 22.2 Å². The van der Waals surface area contributed by atoms with Gasteiger partial charge in [0, 0.05) is 26.2 Å². The monoisotopic (exact) mass is 683 g/mol. The summed E-state index contributed by atoms with van der Waals surface area (Å²) in [5.74, 6) is 1.05. The van der Waals surface area contributed by atoms with Crippen LogP contribution in [0, 0.1) is 12.8 Å². The predicted octanol–water partition coefficient (Wildman–Crippen LogP) is 9.10. The number of hydrogen-bond donors (Lipinski definition) is 2. The first-order valence-electron chi connectivity index (χ1n) is 18.4. The van der Waals surface area contributed by atoms with Crippen LogP contribution in [0.25, 0.3) is 11.0 Å². The number of pyridine rings is 1. The summed E-state index contributed by atoms with van der Waals surface area (Å²) in [6.07, 6.45) is 20.4. The second-order valence-electron chi connectivity index (χ2n) is 13.7. The topological polar surface area (TPSA) is 117 Å². The van der Waals surface area contributed by atoms with Crippen molar-refractivity contribution in [1.29, 1.82) is 0 Å². The number of aromatic nitrogens is 3. The van der Waals surface area contributed by atoms with Gasteiger partial charge in [-0.3, -0.25) is 4.98 Å². The average molecular weight is 684 g/mol. The van der Waals surface area contributed by atoms with E-state index in [1.807, 2.05) is 39.0 Å². The van der Waals surface area contributed by atoms with E-state index in [0.29, 0.717) is 19.4 Å². The van der Waals surface area contributed by atoms with Gasteiger partial charge in [0.25, 0.3) is 0 Å². The fourth-order valence-electron chi connectivity index (χ4n) is 6.18. The number of hydrogen-bond acceptors (Lipinski definition) is 6. The van der Waals surface area contributed by atoms with Gasteiger partial charge in [-0.05, 0) is 49.4 Å². The van der Waals surface area contributed by atoms with Crippen LogP contribution in [0.4, 0.5) is 4.79 Å². The van der Waals surface area contributed by atoms with Crippen molar-refractivity contribution in [2.75, 3.05) is 20.2 Å². The van der Waals surface area contributed by atoms with E-state index in [4.69, 9.17) is 4.74 Å². The number of alkyl carbamates (subject to hydrolysis) is 1. The molecule has 0 radical (unpaired) electrons. The number of likely N-dealkylation sites (N-methyl/N-ethyl adjacent to an activating group) is 1. The molecular weight excluding hydrogens is 623 g/mol. The summed E-state index contributed by atoms with van der Waals surface area (Å²) < 4.78 is 34.1. The molecule has 0 aliphatic carbocycles. The lowest BCUT2D eigenvalue weighted by atomic mass is 10.0. The largest absolute Gasteiger partial charge is 0.448 e. The summed E-state index contributed by atoms with van der Waals surface area (Å²) in [5, 5.41) is 2.84. The molecule has 3 rings (SSSR count). The number of rotatable bonds is 24. The minimum absolute atomic E-state index is 0.00464. The van der Waals surface area contributed by atoms with E-state index in [1.165, 1.54) is 81.4 Å². The number of carbonyl (C=O) groups excluding carboxylic acids is 1. The molecule has 0 spiro atoms. The van der Waals surface area contributed by atoms with Gasteiger partial charge in [0.05, 0.1) is 22.1 Å². The molecule has 10 heteroatoms. The Morgan fingerprint density at radius 3 is 2.06 bits per heavy atom. The van der Waals surface area contributed by atoms with Crippen LogP contribution in [-0.2, 0) is 21.2 Å². The third-order valence-electron chi connectivity index (χ3n) is 9.03. The number of aryl methyl sites for hydroxylation is 1. The molecule has 3 aromatic rings. The maximum Gasteiger partial charge on any atom is 0.407 e. The molecular formula is C38H61N5O4S. The normalized spacial score (nSPS) is 12.6. The minimum atomic E-state index is -3.81. The van der Waals surface area contributed by atoms with E-state index in [1.54, 1.807) is 25.4 Å². The molecule has 0 saturated heterocycles. The molecule has 0 aliphatic heterocycles. The lowest BCUT2D eigenvalue weighted by molar-refractivity contribution is 0.115. The molecule has 0 bridgehead atoms. The molecule has 2 N–H and O–H groups in total. The number of benzene rings is 1. The number of aromatic amines is 1. The van der Waals surface area contributed by atoms with E-state index >= 15 is 0 Å². The van der Waals surface area contributed by atoms with Gasteiger partial charge in [0.15, 0.2) is 0 Å². The van der Waals surface area contributed by atoms with E-state index in [0.717, 1.165) is 41.0 Å². The van der Waals surface area contributed by atoms with Crippen molar-refractivity contribution in [1.82, 2.24) is 24.6 Å². The van der Waals surface area contributed by atoms with Crippen LogP contribution >= 0.6 is 0 Å². The Hall–Kier alpha value is -2.98. The summed E-state index contributed by atoms with van der Waals surface area (Å²) in [7, 11) is -2.24. The molecule has 0 saturated carbocycles. The predicted molar refractivity (Wildman–Crippen MR) is 196 cm³/mol. The molecule has 2 heterocycles. The number of amides is 1. The Morgan fingerprint density at radius 2 is 1.48 bits per heavy atom. The number of carbonyl (C=O) groups is 1. The van der Waals surface area contributed by atoms with Gasteiger partial charge in [0.1, 0.15) is 17.9 Å². The lowest BCUT2D eigenvalue weighted by Crippen LogP contribution is -2.42. The Morgan fingerprint density at radius 1 is 0.896 bits per heavy atom. The fourth-order valence-corrected chi connectivity index (χ4v) is 7.53. The van der Waals surface area contributed by atoms with Gasteiger partial charge >= 0.3 is 6.09 Å². The quantitative estimate of drug-likeness (QED) is 0.0910. The van der Waals surface area contributed by atoms with Crippen molar-refractivity contribution in [2.45, 2.75) is 141 Å². The number of ether oxygens (including phenoxy) is 1. The molecule has 1 aromatic carbocycles. The highest BCUT2D eigenvalue weighted by atomic mass is 32.2. The Bertz CT molecular complexity index is 1460. The summed E-state index contributed by atoms with van der Waals surface area (Å²) >= 11 is 0. The zero-order valence-corrected chi connectivity index (χ0v) is 31.0. The molecule has 0 aliphatic rings. The third-order valence-corrected chi connectivity index (χ3v) is 11.0. The van der Waals surface area contributed by atoms with Gasteiger partial charge in [-0.2, -0.15) is 4.31 Å². The Balaban J connectivity index is 1.37. The van der Waals surface area contributed by atoms with Crippen LogP contribution in [0.3, 0.4) is 0 Å². The third kappa shape index (κ3) is 13.5. The number of H-pyrrole nitrogens is 1. The number of nitrogens with one attached hydrogen (secondary N) is 2. The molecule has 2 aromatic heterocycles. The van der Waals surface area contributed by atoms with Gasteiger partial charge in [-0.1, -0.05) is 116 Å². The molecule has 0 fully saturated rings. The number of fused-ring (bicyclic) bond motifs is 1. The van der Waals surface area contributed by atoms with Crippen LogP contribution in [-0.4, -0.2) is 60.0 Å². The Labute approximate surface area is 290 Å². The van der Waals surface area contributed by atoms with Crippen molar-refractivity contribution in [2.24, 2.45) is 5.92 Å². The van der Waals surface area contributed by atoms with Crippen molar-refractivity contribution in [3.63, 3.8) is 0 Å². The van der Waals surface area contributed by atoms with Crippen molar-refractivity contribution in [3.05, 3.63) is 53.6 Å². The van der Waals surface area contributed by atoms with Crippen LogP contribution in [0.15, 0.2) is 41.4 Å². The highest BCUT2D eigenvalue weighted by molar-refractivity contribution is 7.89. The van der Waals surface area contributed by atoms with E-state index in [-0.39, 0.29) is 17.4 Å². The molecule has 9 nitrogen and oxygen atoms in total. The zero-order chi connectivity index (χ0) is 34.8. The maximum absolute atomic E-state index is 13.6. The van der Waals surface area contributed by atoms with Crippen LogP contribution < -0.4 is 5.32 Å². The Kier molecular flexibility index (Phi) is 17.4. The van der Waals surface area contributed by atoms with Crippen LogP contribution in [0.1, 0.15) is 134 Å². The second kappa shape index (κ2) is 21.2. The first-order chi connectivity index (χ1) is 23.1. The van der Waals surface area contributed by atoms with Gasteiger partial charge < -0.3 is 15.0 Å². The molecule has 48 heavy (non-hydrogen) atoms. The average Bonchev–Trinajstić information content (AvgIpc) is 3.45. The fraction of sp³-hybridized carbons (Fsp3) is 0.658. The summed E-state index contributed by atoms with van der Waals surface area (Å²) in [4.78, 5) is 24.9. The van der Waals surface area contributed by atoms with E-state index in [2.05, 4.69) is 27.2 Å². The summed E-state index contributed by atoms with van der Waals surface area (Å²) in [6.45, 7) is 8.80. The highest BCUT2D eigenvalue weighted by Gasteiger charge is 2.29. The van der Waals surface area contributed by atoms with Gasteiger partial charge in [-0.25, -0.2) is 18.2 Å². The number of nitrogens with zero attached hydrogens (tertiary/aromatic N) is 3. The van der Waals surface area contributed by atoms with Crippen molar-refractivity contribution in [3.8, 4) is 0 Å². The molecule has 0 unspecified atom stereocenters. The smallest absolute Gasteiger partial charge is 0.407 e. The zero-order valence-electron chi connectivity index (χ0n) is 30.2. The van der Waals surface area contributed by atoms with Crippen LogP contribution in [0.2, 0.25) is 0 Å². The molecule has 1 amide bonds. The summed E-state index contributed by atoms with van der Waals surface area (Å²) in [5.41, 5.74) is 3.53. The van der Waals surface area contributed by atoms with Crippen molar-refractivity contribution >= 4 is 27.1 Å². The van der Waals surface area contributed by atoms with Gasteiger partial charge in [-0.15, -0.1) is 0 Å². The minimum Gasteiger partial charge on any atom is -0.448 e. The molecule has 1 atom stereocenters. The van der Waals surface area contributed by atoms with Gasteiger partial charge in [0.2, 0.25) is 10.0 Å². The second-order valence-corrected chi connectivity index (χ2v) is 15.7. The number of sulfonamides is 1. The first-order valence-corrected chi connectivity index (χ1v) is 19.8. The van der Waals surface area contributed by atoms with Crippen molar-refractivity contribution < 1.29 is 17.9 Å². The molecule has 268 valence electrons. The lowest BCUT2D eigenvalue weighted by Gasteiger charge is -2.28. The highest BCUT2D eigenvalue weighted by Crippen LogP contribution is 2.23. The van der Waals surface area contributed by atoms with Crippen LogP contribution in [0.5, 0.6) is 0 Å². The SMILES string of the molecule is CCCCCCCCCCCCCCCCNC(=O)OC[C@H](CC(C)C)N(C)S(=O)(=O)c1ccc(Cc2nccc3[nH]c(C)nc23)cc1. The van der Waals surface area contributed by atoms with E-state index in [9.17, 15) is 13.2 Å². The number of imidazole rings is 1.